The van der Waals surface area contributed by atoms with E-state index in [0.717, 1.165) is 68.2 Å². The summed E-state index contributed by atoms with van der Waals surface area (Å²) in [6.45, 7) is 8.29. The van der Waals surface area contributed by atoms with Crippen molar-refractivity contribution in [2.45, 2.75) is 45.7 Å². The maximum Gasteiger partial charge on any atom is 0.270 e. The summed E-state index contributed by atoms with van der Waals surface area (Å²) in [6, 6.07) is 4.18. The molecule has 1 saturated heterocycles. The molecule has 2 aliphatic rings. The molecular formula is C23H29N7O2. The number of nitrogens with zero attached hydrogens (tertiary/aromatic N) is 5. The van der Waals surface area contributed by atoms with Gasteiger partial charge in [-0.15, -0.1) is 0 Å². The van der Waals surface area contributed by atoms with Crippen molar-refractivity contribution in [3.63, 3.8) is 0 Å². The number of amides is 1. The smallest absolute Gasteiger partial charge is 0.270 e. The van der Waals surface area contributed by atoms with Gasteiger partial charge >= 0.3 is 0 Å². The van der Waals surface area contributed by atoms with Crippen LogP contribution in [0.25, 0.3) is 5.78 Å². The van der Waals surface area contributed by atoms with Gasteiger partial charge in [0.2, 0.25) is 5.78 Å². The largest absolute Gasteiger partial charge is 0.368 e. The van der Waals surface area contributed by atoms with Crippen molar-refractivity contribution in [2.24, 2.45) is 0 Å². The van der Waals surface area contributed by atoms with E-state index in [9.17, 15) is 9.59 Å². The lowest BCUT2D eigenvalue weighted by molar-refractivity contribution is 0.0946. The predicted octanol–water partition coefficient (Wildman–Crippen LogP) is 1.50. The van der Waals surface area contributed by atoms with Gasteiger partial charge in [-0.05, 0) is 38.3 Å². The maximum absolute atomic E-state index is 12.2. The zero-order chi connectivity index (χ0) is 22.2. The van der Waals surface area contributed by atoms with Crippen molar-refractivity contribution < 1.29 is 4.79 Å². The van der Waals surface area contributed by atoms with E-state index in [1.807, 2.05) is 42.8 Å². The van der Waals surface area contributed by atoms with Crippen molar-refractivity contribution in [2.75, 3.05) is 31.1 Å². The van der Waals surface area contributed by atoms with Gasteiger partial charge in [-0.1, -0.05) is 6.92 Å². The first-order chi connectivity index (χ1) is 15.5. The Bertz CT molecular complexity index is 1200. The number of H-pyrrole nitrogens is 1. The molecule has 5 rings (SSSR count). The van der Waals surface area contributed by atoms with Crippen molar-refractivity contribution in [1.82, 2.24) is 29.6 Å². The van der Waals surface area contributed by atoms with Crippen LogP contribution in [0.15, 0.2) is 29.3 Å². The molecule has 2 N–H and O–H groups in total. The van der Waals surface area contributed by atoms with E-state index in [0.29, 0.717) is 23.9 Å². The number of imidazole rings is 1. The Labute approximate surface area is 186 Å². The van der Waals surface area contributed by atoms with Crippen molar-refractivity contribution in [3.05, 3.63) is 57.5 Å². The van der Waals surface area contributed by atoms with Crippen LogP contribution in [-0.4, -0.2) is 62.4 Å². The molecule has 0 spiro atoms. The number of nitrogens with one attached hydrogen (secondary N) is 2. The van der Waals surface area contributed by atoms with Crippen LogP contribution in [0.3, 0.4) is 0 Å². The van der Waals surface area contributed by atoms with Crippen LogP contribution in [0.4, 0.5) is 5.69 Å². The van der Waals surface area contributed by atoms with E-state index in [1.54, 1.807) is 0 Å². The first-order valence-electron chi connectivity index (χ1n) is 11.4. The molecule has 2 fully saturated rings. The molecule has 0 radical (unpaired) electrons. The first-order valence-corrected chi connectivity index (χ1v) is 11.4. The zero-order valence-corrected chi connectivity index (χ0v) is 18.6. The molecule has 9 heteroatoms. The second-order valence-corrected chi connectivity index (χ2v) is 8.74. The van der Waals surface area contributed by atoms with E-state index in [-0.39, 0.29) is 11.5 Å². The number of rotatable bonds is 6. The number of aromatic amines is 1. The molecule has 3 aromatic heterocycles. The van der Waals surface area contributed by atoms with Gasteiger partial charge in [0.1, 0.15) is 5.69 Å². The van der Waals surface area contributed by atoms with E-state index >= 15 is 0 Å². The quantitative estimate of drug-likeness (QED) is 0.609. The molecule has 1 amide bonds. The topological polar surface area (TPSA) is 98.6 Å². The first kappa shape index (κ1) is 20.7. The number of hydrogen-bond acceptors (Lipinski definition) is 6. The lowest BCUT2D eigenvalue weighted by Gasteiger charge is -2.36. The van der Waals surface area contributed by atoms with Gasteiger partial charge in [0.25, 0.3) is 11.5 Å². The molecule has 1 saturated carbocycles. The Morgan fingerprint density at radius 1 is 1.16 bits per heavy atom. The van der Waals surface area contributed by atoms with Crippen LogP contribution in [0.2, 0.25) is 0 Å². The summed E-state index contributed by atoms with van der Waals surface area (Å²) in [4.78, 5) is 41.0. The van der Waals surface area contributed by atoms with Gasteiger partial charge in [-0.3, -0.25) is 23.9 Å². The minimum atomic E-state index is -0.0770. The number of fused-ring (bicyclic) bond motifs is 1. The minimum Gasteiger partial charge on any atom is -0.368 e. The number of hydrogen-bond donors (Lipinski definition) is 2. The summed E-state index contributed by atoms with van der Waals surface area (Å²) in [5.41, 5.74) is 4.11. The third-order valence-corrected chi connectivity index (χ3v) is 6.28. The zero-order valence-electron chi connectivity index (χ0n) is 18.6. The van der Waals surface area contributed by atoms with E-state index in [2.05, 4.69) is 30.1 Å². The number of aromatic nitrogens is 4. The fourth-order valence-corrected chi connectivity index (χ4v) is 4.25. The van der Waals surface area contributed by atoms with E-state index < -0.39 is 0 Å². The average Bonchev–Trinajstić information content (AvgIpc) is 3.51. The molecule has 3 aromatic rings. The van der Waals surface area contributed by atoms with Crippen LogP contribution < -0.4 is 15.8 Å². The highest BCUT2D eigenvalue weighted by atomic mass is 16.2. The third kappa shape index (κ3) is 4.25. The fourth-order valence-electron chi connectivity index (χ4n) is 4.25. The normalized spacial score (nSPS) is 17.1. The molecule has 1 aliphatic heterocycles. The molecule has 0 aromatic carbocycles. The van der Waals surface area contributed by atoms with Gasteiger partial charge < -0.3 is 10.2 Å². The van der Waals surface area contributed by atoms with Crippen LogP contribution in [0, 0.1) is 6.92 Å². The summed E-state index contributed by atoms with van der Waals surface area (Å²) in [6.07, 6.45) is 6.70. The molecule has 9 nitrogen and oxygen atoms in total. The number of carbonyl (C=O) groups is 1. The minimum absolute atomic E-state index is 0.0641. The Morgan fingerprint density at radius 3 is 2.62 bits per heavy atom. The Morgan fingerprint density at radius 2 is 1.94 bits per heavy atom. The predicted molar refractivity (Wildman–Crippen MR) is 122 cm³/mol. The Balaban J connectivity index is 1.21. The molecule has 0 bridgehead atoms. The van der Waals surface area contributed by atoms with E-state index in [1.165, 1.54) is 0 Å². The van der Waals surface area contributed by atoms with Crippen molar-refractivity contribution in [1.29, 1.82) is 0 Å². The van der Waals surface area contributed by atoms with Gasteiger partial charge in [-0.2, -0.15) is 0 Å². The molecule has 168 valence electrons. The van der Waals surface area contributed by atoms with Gasteiger partial charge in [0, 0.05) is 56.7 Å². The Kier molecular flexibility index (Phi) is 5.42. The second kappa shape index (κ2) is 8.38. The third-order valence-electron chi connectivity index (χ3n) is 6.28. The van der Waals surface area contributed by atoms with Crippen LogP contribution >= 0.6 is 0 Å². The van der Waals surface area contributed by atoms with Gasteiger partial charge in [0.05, 0.1) is 17.1 Å². The fraction of sp³-hybridized carbons (Fsp3) is 0.478. The molecule has 4 heterocycles. The lowest BCUT2D eigenvalue weighted by atomic mass is 10.2. The standard InChI is InChI=1S/C23H29N7O2/c1-3-16-12-30-14-18(26-23(30)27-21(16)31)13-28-8-10-29(11-9-28)20-7-6-19(24-15(20)2)22(32)25-17-4-5-17/h6-7,12,14,17H,3-5,8-11,13H2,1-2H3,(H,25,32)(H,26,27,31). The Hall–Kier alpha value is -3.20. The number of carbonyl (C=O) groups excluding carboxylic acids is 1. The van der Waals surface area contributed by atoms with Crippen LogP contribution in [0.1, 0.15) is 47.2 Å². The van der Waals surface area contributed by atoms with Crippen molar-refractivity contribution in [3.8, 4) is 0 Å². The second-order valence-electron chi connectivity index (χ2n) is 8.74. The molecule has 32 heavy (non-hydrogen) atoms. The summed E-state index contributed by atoms with van der Waals surface area (Å²) in [5, 5.41) is 3.00. The summed E-state index contributed by atoms with van der Waals surface area (Å²) < 4.78 is 1.90. The number of aryl methyl sites for hydroxylation is 2. The SMILES string of the molecule is CCc1cn2cc(CN3CCN(c4ccc(C(=O)NC5CC5)nc4C)CC3)nc2[nH]c1=O. The highest BCUT2D eigenvalue weighted by Crippen LogP contribution is 2.22. The number of piperazine rings is 1. The molecular weight excluding hydrogens is 406 g/mol. The summed E-state index contributed by atoms with van der Waals surface area (Å²) >= 11 is 0. The van der Waals surface area contributed by atoms with Gasteiger partial charge in [-0.25, -0.2) is 9.97 Å². The van der Waals surface area contributed by atoms with Crippen LogP contribution in [-0.2, 0) is 13.0 Å². The maximum atomic E-state index is 12.2. The molecule has 1 aliphatic carbocycles. The molecule has 0 atom stereocenters. The average molecular weight is 436 g/mol. The highest BCUT2D eigenvalue weighted by Gasteiger charge is 2.25. The highest BCUT2D eigenvalue weighted by molar-refractivity contribution is 5.93. The number of anilines is 1. The summed E-state index contributed by atoms with van der Waals surface area (Å²) in [7, 11) is 0. The monoisotopic (exact) mass is 435 g/mol. The summed E-state index contributed by atoms with van der Waals surface area (Å²) in [5.74, 6) is 0.514. The number of pyridine rings is 1. The van der Waals surface area contributed by atoms with Gasteiger partial charge in [0.15, 0.2) is 0 Å². The molecule has 0 unspecified atom stereocenters. The van der Waals surface area contributed by atoms with Crippen LogP contribution in [0.5, 0.6) is 0 Å². The lowest BCUT2D eigenvalue weighted by Crippen LogP contribution is -2.46. The van der Waals surface area contributed by atoms with Crippen molar-refractivity contribution >= 4 is 17.4 Å². The van der Waals surface area contributed by atoms with E-state index in [4.69, 9.17) is 0 Å².